The fourth-order valence-corrected chi connectivity index (χ4v) is 2.23. The Balaban J connectivity index is 2.27. The minimum absolute atomic E-state index is 0.729. The monoisotopic (exact) mass is 263 g/mol. The van der Waals surface area contributed by atoms with Crippen molar-refractivity contribution in [3.8, 4) is 5.75 Å². The summed E-state index contributed by atoms with van der Waals surface area (Å²) in [5.41, 5.74) is 1.33. The first-order valence-electron chi connectivity index (χ1n) is 7.72. The summed E-state index contributed by atoms with van der Waals surface area (Å²) in [5, 5.41) is 3.57. The van der Waals surface area contributed by atoms with Crippen molar-refractivity contribution in [3.63, 3.8) is 0 Å². The van der Waals surface area contributed by atoms with Gasteiger partial charge >= 0.3 is 0 Å². The molecule has 1 aromatic rings. The summed E-state index contributed by atoms with van der Waals surface area (Å²) >= 11 is 0. The van der Waals surface area contributed by atoms with Crippen molar-refractivity contribution in [2.45, 2.75) is 53.0 Å². The van der Waals surface area contributed by atoms with Crippen LogP contribution in [0.5, 0.6) is 5.75 Å². The normalized spacial score (nSPS) is 12.4. The Morgan fingerprint density at radius 3 is 2.42 bits per heavy atom. The number of rotatable bonds is 10. The molecule has 1 rings (SSSR count). The average Bonchev–Trinajstić information content (AvgIpc) is 2.44. The zero-order valence-electron chi connectivity index (χ0n) is 12.7. The van der Waals surface area contributed by atoms with Gasteiger partial charge in [-0.25, -0.2) is 0 Å². The van der Waals surface area contributed by atoms with Gasteiger partial charge in [0.2, 0.25) is 0 Å². The van der Waals surface area contributed by atoms with E-state index in [0.717, 1.165) is 31.4 Å². The molecule has 2 heteroatoms. The minimum Gasteiger partial charge on any atom is -0.494 e. The maximum absolute atomic E-state index is 5.44. The fourth-order valence-electron chi connectivity index (χ4n) is 2.23. The molecule has 0 saturated heterocycles. The highest BCUT2D eigenvalue weighted by atomic mass is 16.5. The Morgan fingerprint density at radius 2 is 1.84 bits per heavy atom. The predicted octanol–water partition coefficient (Wildman–Crippen LogP) is 4.39. The highest BCUT2D eigenvalue weighted by molar-refractivity contribution is 5.27. The largest absolute Gasteiger partial charge is 0.494 e. The molecule has 1 aromatic carbocycles. The first kappa shape index (κ1) is 16.0. The van der Waals surface area contributed by atoms with Crippen molar-refractivity contribution in [1.29, 1.82) is 0 Å². The topological polar surface area (TPSA) is 21.3 Å². The van der Waals surface area contributed by atoms with Crippen LogP contribution in [0.4, 0.5) is 0 Å². The predicted molar refractivity (Wildman–Crippen MR) is 82.6 cm³/mol. The van der Waals surface area contributed by atoms with E-state index in [4.69, 9.17) is 4.74 Å². The van der Waals surface area contributed by atoms with Crippen LogP contribution in [0.1, 0.15) is 52.0 Å². The Bertz CT molecular complexity index is 321. The third kappa shape index (κ3) is 6.63. The van der Waals surface area contributed by atoms with Crippen molar-refractivity contribution in [2.75, 3.05) is 13.2 Å². The third-order valence-electron chi connectivity index (χ3n) is 3.54. The molecule has 0 saturated carbocycles. The summed E-state index contributed by atoms with van der Waals surface area (Å²) in [6.07, 6.45) is 5.28. The van der Waals surface area contributed by atoms with Crippen LogP contribution in [0.15, 0.2) is 24.3 Å². The van der Waals surface area contributed by atoms with Crippen molar-refractivity contribution < 1.29 is 4.74 Å². The number of hydrogen-bond acceptors (Lipinski definition) is 2. The SMILES string of the molecule is CCCCC(CC)CNCc1ccc(OCC)cc1. The summed E-state index contributed by atoms with van der Waals surface area (Å²) < 4.78 is 5.44. The lowest BCUT2D eigenvalue weighted by Gasteiger charge is -2.15. The van der Waals surface area contributed by atoms with Gasteiger partial charge in [0, 0.05) is 6.54 Å². The van der Waals surface area contributed by atoms with Crippen LogP contribution in [0, 0.1) is 5.92 Å². The Kier molecular flexibility index (Phi) is 8.31. The van der Waals surface area contributed by atoms with E-state index < -0.39 is 0 Å². The van der Waals surface area contributed by atoms with E-state index in [0.29, 0.717) is 0 Å². The van der Waals surface area contributed by atoms with Gasteiger partial charge in [-0.1, -0.05) is 45.2 Å². The van der Waals surface area contributed by atoms with Crippen LogP contribution in [0.2, 0.25) is 0 Å². The van der Waals surface area contributed by atoms with Gasteiger partial charge in [-0.05, 0) is 43.5 Å². The zero-order chi connectivity index (χ0) is 13.9. The third-order valence-corrected chi connectivity index (χ3v) is 3.54. The molecule has 0 heterocycles. The molecule has 0 fully saturated rings. The van der Waals surface area contributed by atoms with Crippen LogP contribution in [0.25, 0.3) is 0 Å². The number of unbranched alkanes of at least 4 members (excludes halogenated alkanes) is 1. The van der Waals surface area contributed by atoms with Crippen molar-refractivity contribution in [3.05, 3.63) is 29.8 Å². The molecule has 2 nitrogen and oxygen atoms in total. The second-order valence-electron chi connectivity index (χ2n) is 5.12. The molecule has 1 N–H and O–H groups in total. The highest BCUT2D eigenvalue weighted by Gasteiger charge is 2.05. The first-order chi connectivity index (χ1) is 9.30. The number of hydrogen-bond donors (Lipinski definition) is 1. The summed E-state index contributed by atoms with van der Waals surface area (Å²) in [7, 11) is 0. The Hall–Kier alpha value is -1.02. The van der Waals surface area contributed by atoms with Gasteiger partial charge in [-0.15, -0.1) is 0 Å². The number of ether oxygens (including phenoxy) is 1. The van der Waals surface area contributed by atoms with E-state index in [1.807, 2.05) is 6.92 Å². The molecule has 0 aliphatic carbocycles. The van der Waals surface area contributed by atoms with Crippen molar-refractivity contribution in [1.82, 2.24) is 5.32 Å². The molecular formula is C17H29NO. The molecular weight excluding hydrogens is 234 g/mol. The van der Waals surface area contributed by atoms with E-state index in [1.165, 1.54) is 31.2 Å². The lowest BCUT2D eigenvalue weighted by atomic mass is 9.99. The van der Waals surface area contributed by atoms with Crippen LogP contribution in [0.3, 0.4) is 0 Å². The van der Waals surface area contributed by atoms with Gasteiger partial charge < -0.3 is 10.1 Å². The van der Waals surface area contributed by atoms with Crippen LogP contribution >= 0.6 is 0 Å². The van der Waals surface area contributed by atoms with Crippen molar-refractivity contribution in [2.24, 2.45) is 5.92 Å². The van der Waals surface area contributed by atoms with E-state index in [-0.39, 0.29) is 0 Å². The van der Waals surface area contributed by atoms with E-state index >= 15 is 0 Å². The van der Waals surface area contributed by atoms with E-state index in [2.05, 4.69) is 43.4 Å². The molecule has 0 aliphatic rings. The average molecular weight is 263 g/mol. The molecule has 1 unspecified atom stereocenters. The highest BCUT2D eigenvalue weighted by Crippen LogP contribution is 2.13. The van der Waals surface area contributed by atoms with Gasteiger partial charge in [-0.3, -0.25) is 0 Å². The smallest absolute Gasteiger partial charge is 0.119 e. The minimum atomic E-state index is 0.729. The van der Waals surface area contributed by atoms with Gasteiger partial charge in [-0.2, -0.15) is 0 Å². The van der Waals surface area contributed by atoms with E-state index in [1.54, 1.807) is 0 Å². The zero-order valence-corrected chi connectivity index (χ0v) is 12.7. The Labute approximate surface area is 118 Å². The summed E-state index contributed by atoms with van der Waals surface area (Å²) in [6, 6.07) is 8.39. The molecule has 108 valence electrons. The second kappa shape index (κ2) is 9.85. The maximum atomic E-state index is 5.44. The number of benzene rings is 1. The summed E-state index contributed by atoms with van der Waals surface area (Å²) in [6.45, 7) is 9.38. The van der Waals surface area contributed by atoms with Gasteiger partial charge in [0.05, 0.1) is 6.61 Å². The van der Waals surface area contributed by atoms with Crippen molar-refractivity contribution >= 4 is 0 Å². The molecule has 0 spiro atoms. The standard InChI is InChI=1S/C17H29NO/c1-4-7-8-15(5-2)13-18-14-16-9-11-17(12-10-16)19-6-3/h9-12,15,18H,4-8,13-14H2,1-3H3. The molecule has 1 atom stereocenters. The lowest BCUT2D eigenvalue weighted by Crippen LogP contribution is -2.22. The summed E-state index contributed by atoms with van der Waals surface area (Å²) in [5.74, 6) is 1.78. The van der Waals surface area contributed by atoms with Gasteiger partial charge in [0.1, 0.15) is 5.75 Å². The Morgan fingerprint density at radius 1 is 1.11 bits per heavy atom. The molecule has 0 aliphatic heterocycles. The lowest BCUT2D eigenvalue weighted by molar-refractivity contribution is 0.340. The maximum Gasteiger partial charge on any atom is 0.119 e. The second-order valence-corrected chi connectivity index (χ2v) is 5.12. The van der Waals surface area contributed by atoms with E-state index in [9.17, 15) is 0 Å². The first-order valence-corrected chi connectivity index (χ1v) is 7.72. The number of nitrogens with one attached hydrogen (secondary N) is 1. The molecule has 0 aromatic heterocycles. The van der Waals surface area contributed by atoms with Crippen LogP contribution in [-0.4, -0.2) is 13.2 Å². The van der Waals surface area contributed by atoms with Gasteiger partial charge in [0.25, 0.3) is 0 Å². The fraction of sp³-hybridized carbons (Fsp3) is 0.647. The van der Waals surface area contributed by atoms with Crippen LogP contribution < -0.4 is 10.1 Å². The molecule has 0 amide bonds. The molecule has 0 radical (unpaired) electrons. The molecule has 0 bridgehead atoms. The molecule has 19 heavy (non-hydrogen) atoms. The summed E-state index contributed by atoms with van der Waals surface area (Å²) in [4.78, 5) is 0. The van der Waals surface area contributed by atoms with Crippen LogP contribution in [-0.2, 0) is 6.54 Å². The van der Waals surface area contributed by atoms with Gasteiger partial charge in [0.15, 0.2) is 0 Å². The quantitative estimate of drug-likeness (QED) is 0.676.